The first-order valence-electron chi connectivity index (χ1n) is 10.4. The van der Waals surface area contributed by atoms with E-state index in [1.165, 1.54) is 0 Å². The van der Waals surface area contributed by atoms with Crippen LogP contribution in [-0.4, -0.2) is 60.3 Å². The predicted octanol–water partition coefficient (Wildman–Crippen LogP) is 1.89. The lowest BCUT2D eigenvalue weighted by atomic mass is 9.73. The monoisotopic (exact) mass is 376 g/mol. The number of carbonyl (C=O) groups excluding carboxylic acids is 2. The van der Waals surface area contributed by atoms with Crippen molar-refractivity contribution in [1.82, 2.24) is 10.2 Å². The zero-order valence-corrected chi connectivity index (χ0v) is 16.7. The maximum Gasteiger partial charge on any atom is 0.254 e. The lowest BCUT2D eigenvalue weighted by Crippen LogP contribution is -2.47. The number of hydrogen-bond donors (Lipinski definition) is 1. The van der Waals surface area contributed by atoms with Gasteiger partial charge >= 0.3 is 0 Å². The van der Waals surface area contributed by atoms with Crippen molar-refractivity contribution in [2.45, 2.75) is 63.8 Å². The molecular formula is C21H32N2O4. The smallest absolute Gasteiger partial charge is 0.254 e. The van der Waals surface area contributed by atoms with Crippen LogP contribution in [0.1, 0.15) is 46.5 Å². The topological polar surface area (TPSA) is 67.9 Å². The second-order valence-electron chi connectivity index (χ2n) is 9.04. The molecule has 150 valence electrons. The first kappa shape index (κ1) is 18.9. The van der Waals surface area contributed by atoms with Crippen molar-refractivity contribution in [2.24, 2.45) is 17.8 Å². The highest BCUT2D eigenvalue weighted by Crippen LogP contribution is 2.54. The highest BCUT2D eigenvalue weighted by Gasteiger charge is 2.64. The predicted molar refractivity (Wildman–Crippen MR) is 101 cm³/mol. The van der Waals surface area contributed by atoms with Crippen molar-refractivity contribution < 1.29 is 19.1 Å². The first-order chi connectivity index (χ1) is 12.9. The molecule has 2 amide bonds. The number of ether oxygens (including phenoxy) is 2. The number of hydrogen-bond acceptors (Lipinski definition) is 4. The number of nitrogens with zero attached hydrogens (tertiary/aromatic N) is 1. The Bertz CT molecular complexity index is 638. The molecule has 1 spiro atoms. The maximum absolute atomic E-state index is 13.0. The molecule has 6 heteroatoms. The zero-order chi connectivity index (χ0) is 19.2. The Morgan fingerprint density at radius 1 is 1.33 bits per heavy atom. The summed E-state index contributed by atoms with van der Waals surface area (Å²) in [6.07, 6.45) is 8.11. The Morgan fingerprint density at radius 2 is 2.07 bits per heavy atom. The molecule has 0 unspecified atom stereocenters. The third kappa shape index (κ3) is 3.21. The van der Waals surface area contributed by atoms with Gasteiger partial charge in [0.05, 0.1) is 18.2 Å². The van der Waals surface area contributed by atoms with Gasteiger partial charge in [-0.2, -0.15) is 0 Å². The van der Waals surface area contributed by atoms with E-state index >= 15 is 0 Å². The van der Waals surface area contributed by atoms with Gasteiger partial charge in [0.25, 0.3) is 5.91 Å². The van der Waals surface area contributed by atoms with Crippen LogP contribution in [-0.2, 0) is 19.1 Å². The quantitative estimate of drug-likeness (QED) is 0.719. The van der Waals surface area contributed by atoms with Crippen LogP contribution in [0, 0.1) is 17.8 Å². The molecule has 4 rings (SSSR count). The lowest BCUT2D eigenvalue weighted by molar-refractivity contribution is -0.154. The molecule has 0 aromatic rings. The summed E-state index contributed by atoms with van der Waals surface area (Å²) in [5, 5.41) is 3.17. The molecule has 3 fully saturated rings. The summed E-state index contributed by atoms with van der Waals surface area (Å²) in [5.74, 6) is 0.886. The van der Waals surface area contributed by atoms with Gasteiger partial charge in [0.1, 0.15) is 5.60 Å². The molecule has 1 N–H and O–H groups in total. The van der Waals surface area contributed by atoms with Crippen LogP contribution in [0.15, 0.2) is 12.2 Å². The molecule has 3 aliphatic heterocycles. The molecule has 0 saturated carbocycles. The SMILES string of the molecule is CCOC(C)(C)C(=O)N1C[C@@H]2[C@H](CNC(=O)C3CC=CC3)[C@H]3CC[C@]2(C1)O3. The van der Waals surface area contributed by atoms with Crippen molar-refractivity contribution in [3.8, 4) is 0 Å². The summed E-state index contributed by atoms with van der Waals surface area (Å²) < 4.78 is 12.1. The summed E-state index contributed by atoms with van der Waals surface area (Å²) in [7, 11) is 0. The first-order valence-corrected chi connectivity index (χ1v) is 10.4. The van der Waals surface area contributed by atoms with Gasteiger partial charge in [-0.25, -0.2) is 0 Å². The minimum Gasteiger partial charge on any atom is -0.369 e. The Labute approximate surface area is 161 Å². The van der Waals surface area contributed by atoms with Crippen LogP contribution in [0.3, 0.4) is 0 Å². The van der Waals surface area contributed by atoms with Crippen molar-refractivity contribution in [3.63, 3.8) is 0 Å². The van der Waals surface area contributed by atoms with Gasteiger partial charge in [-0.3, -0.25) is 9.59 Å². The van der Waals surface area contributed by atoms with E-state index in [9.17, 15) is 9.59 Å². The van der Waals surface area contributed by atoms with E-state index in [1.54, 1.807) is 0 Å². The van der Waals surface area contributed by atoms with Gasteiger partial charge in [0, 0.05) is 37.5 Å². The molecule has 0 aromatic carbocycles. The number of likely N-dealkylation sites (tertiary alicyclic amines) is 1. The molecule has 1 aliphatic carbocycles. The summed E-state index contributed by atoms with van der Waals surface area (Å²) in [4.78, 5) is 27.3. The third-order valence-electron chi connectivity index (χ3n) is 6.98. The molecule has 3 heterocycles. The van der Waals surface area contributed by atoms with Crippen LogP contribution in [0.25, 0.3) is 0 Å². The minimum atomic E-state index is -0.804. The van der Waals surface area contributed by atoms with Crippen LogP contribution >= 0.6 is 0 Å². The van der Waals surface area contributed by atoms with Gasteiger partial charge in [-0.15, -0.1) is 0 Å². The van der Waals surface area contributed by atoms with E-state index in [0.29, 0.717) is 38.1 Å². The Balaban J connectivity index is 1.40. The lowest BCUT2D eigenvalue weighted by Gasteiger charge is -2.30. The fourth-order valence-corrected chi connectivity index (χ4v) is 5.62. The number of allylic oxidation sites excluding steroid dienone is 2. The van der Waals surface area contributed by atoms with E-state index in [0.717, 1.165) is 25.7 Å². The van der Waals surface area contributed by atoms with Crippen LogP contribution in [0.5, 0.6) is 0 Å². The van der Waals surface area contributed by atoms with E-state index in [4.69, 9.17) is 9.47 Å². The molecule has 4 atom stereocenters. The van der Waals surface area contributed by atoms with Gasteiger partial charge in [-0.1, -0.05) is 12.2 Å². The highest BCUT2D eigenvalue weighted by atomic mass is 16.5. The standard InChI is InChI=1S/C21H32N2O4/c1-4-26-20(2,3)19(25)23-12-16-15(17-9-10-21(16,13-23)27-17)11-22-18(24)14-7-5-6-8-14/h5-6,14-17H,4,7-13H2,1-3H3,(H,22,24)/t15-,16+,17+,21+/m0/s1. The van der Waals surface area contributed by atoms with Gasteiger partial charge in [0.15, 0.2) is 0 Å². The summed E-state index contributed by atoms with van der Waals surface area (Å²) >= 11 is 0. The summed E-state index contributed by atoms with van der Waals surface area (Å²) in [5.41, 5.74) is -1.02. The van der Waals surface area contributed by atoms with Gasteiger partial charge in [0.2, 0.25) is 5.91 Å². The molecule has 2 bridgehead atoms. The van der Waals surface area contributed by atoms with Gasteiger partial charge < -0.3 is 19.7 Å². The zero-order valence-electron chi connectivity index (χ0n) is 16.7. The second-order valence-corrected chi connectivity index (χ2v) is 9.04. The van der Waals surface area contributed by atoms with E-state index in [1.807, 2.05) is 25.7 Å². The summed E-state index contributed by atoms with van der Waals surface area (Å²) in [6, 6.07) is 0. The van der Waals surface area contributed by atoms with Crippen molar-refractivity contribution in [3.05, 3.63) is 12.2 Å². The molecule has 0 radical (unpaired) electrons. The second kappa shape index (κ2) is 6.89. The molecular weight excluding hydrogens is 344 g/mol. The minimum absolute atomic E-state index is 0.0417. The Kier molecular flexibility index (Phi) is 4.83. The van der Waals surface area contributed by atoms with E-state index < -0.39 is 5.60 Å². The number of amides is 2. The largest absolute Gasteiger partial charge is 0.369 e. The third-order valence-corrected chi connectivity index (χ3v) is 6.98. The normalized spacial score (nSPS) is 35.1. The Hall–Kier alpha value is -1.40. The Morgan fingerprint density at radius 3 is 2.78 bits per heavy atom. The fourth-order valence-electron chi connectivity index (χ4n) is 5.62. The number of rotatable bonds is 6. The van der Waals surface area contributed by atoms with Crippen molar-refractivity contribution >= 4 is 11.8 Å². The number of carbonyl (C=O) groups is 2. The fraction of sp³-hybridized carbons (Fsp3) is 0.810. The molecule has 6 nitrogen and oxygen atoms in total. The highest BCUT2D eigenvalue weighted by molar-refractivity contribution is 5.85. The average molecular weight is 376 g/mol. The number of fused-ring (bicyclic) bond motifs is 1. The van der Waals surface area contributed by atoms with E-state index in [-0.39, 0.29) is 29.4 Å². The van der Waals surface area contributed by atoms with Crippen LogP contribution in [0.4, 0.5) is 0 Å². The van der Waals surface area contributed by atoms with Crippen molar-refractivity contribution in [1.29, 1.82) is 0 Å². The molecule has 4 aliphatic rings. The van der Waals surface area contributed by atoms with Crippen molar-refractivity contribution in [2.75, 3.05) is 26.2 Å². The maximum atomic E-state index is 13.0. The van der Waals surface area contributed by atoms with E-state index in [2.05, 4.69) is 17.5 Å². The summed E-state index contributed by atoms with van der Waals surface area (Å²) in [6.45, 7) is 8.13. The average Bonchev–Trinajstić information content (AvgIpc) is 3.38. The molecule has 0 aromatic heterocycles. The molecule has 27 heavy (non-hydrogen) atoms. The molecule has 3 saturated heterocycles. The van der Waals surface area contributed by atoms with Crippen LogP contribution < -0.4 is 5.32 Å². The number of nitrogens with one attached hydrogen (secondary N) is 1. The van der Waals surface area contributed by atoms with Crippen LogP contribution in [0.2, 0.25) is 0 Å². The van der Waals surface area contributed by atoms with Gasteiger partial charge in [-0.05, 0) is 46.5 Å².